The van der Waals surface area contributed by atoms with E-state index in [-0.39, 0.29) is 12.0 Å². The molecular weight excluding hydrogens is 274 g/mol. The van der Waals surface area contributed by atoms with Crippen LogP contribution >= 0.6 is 0 Å². The molecule has 1 aromatic carbocycles. The Morgan fingerprint density at radius 2 is 2.10 bits per heavy atom. The van der Waals surface area contributed by atoms with Crippen molar-refractivity contribution in [3.63, 3.8) is 0 Å². The molecule has 0 saturated carbocycles. The normalized spacial score (nSPS) is 24.0. The first-order valence-electron chi connectivity index (χ1n) is 7.06. The van der Waals surface area contributed by atoms with Crippen LogP contribution in [0.4, 0.5) is 0 Å². The lowest BCUT2D eigenvalue weighted by atomic mass is 9.95. The first-order valence-corrected chi connectivity index (χ1v) is 7.06. The number of aliphatic carboxylic acids is 1. The monoisotopic (exact) mass is 293 g/mol. The summed E-state index contributed by atoms with van der Waals surface area (Å²) in [6.07, 6.45) is 0.575. The third-order valence-electron chi connectivity index (χ3n) is 3.96. The minimum Gasteiger partial charge on any atom is -0.486 e. The second-order valence-electron chi connectivity index (χ2n) is 5.36. The summed E-state index contributed by atoms with van der Waals surface area (Å²) in [7, 11) is 1.64. The van der Waals surface area contributed by atoms with Crippen LogP contribution < -0.4 is 14.8 Å². The van der Waals surface area contributed by atoms with Gasteiger partial charge in [-0.05, 0) is 29.7 Å². The second-order valence-corrected chi connectivity index (χ2v) is 5.36. The first kappa shape index (κ1) is 14.2. The van der Waals surface area contributed by atoms with E-state index in [2.05, 4.69) is 5.32 Å². The molecule has 21 heavy (non-hydrogen) atoms. The number of ether oxygens (including phenoxy) is 3. The lowest BCUT2D eigenvalue weighted by Crippen LogP contribution is -2.19. The highest BCUT2D eigenvalue weighted by atomic mass is 16.6. The Labute approximate surface area is 123 Å². The van der Waals surface area contributed by atoms with E-state index in [9.17, 15) is 4.79 Å². The molecule has 0 aromatic heterocycles. The number of rotatable bonds is 4. The molecule has 3 rings (SSSR count). The molecule has 2 atom stereocenters. The number of benzene rings is 1. The van der Waals surface area contributed by atoms with Crippen LogP contribution in [-0.4, -0.2) is 37.9 Å². The van der Waals surface area contributed by atoms with Gasteiger partial charge in [-0.15, -0.1) is 0 Å². The number of carboxylic acid groups (broad SMARTS) is 1. The molecule has 1 aromatic rings. The van der Waals surface area contributed by atoms with Crippen molar-refractivity contribution in [2.45, 2.75) is 19.1 Å². The molecule has 0 bridgehead atoms. The fourth-order valence-electron chi connectivity index (χ4n) is 2.91. The van der Waals surface area contributed by atoms with Crippen LogP contribution in [0.3, 0.4) is 0 Å². The van der Waals surface area contributed by atoms with Gasteiger partial charge < -0.3 is 24.6 Å². The van der Waals surface area contributed by atoms with Crippen molar-refractivity contribution in [3.8, 4) is 11.5 Å². The van der Waals surface area contributed by atoms with Crippen LogP contribution in [0.2, 0.25) is 0 Å². The van der Waals surface area contributed by atoms with Gasteiger partial charge in [0.25, 0.3) is 0 Å². The maximum Gasteiger partial charge on any atom is 0.307 e. The van der Waals surface area contributed by atoms with Crippen molar-refractivity contribution in [2.24, 2.45) is 5.92 Å². The van der Waals surface area contributed by atoms with E-state index in [0.717, 1.165) is 22.6 Å². The molecule has 0 spiro atoms. The number of carbonyl (C=O) groups is 1. The Bertz CT molecular complexity index is 545. The predicted octanol–water partition coefficient (Wildman–Crippen LogP) is 1.34. The van der Waals surface area contributed by atoms with Crippen molar-refractivity contribution in [1.82, 2.24) is 5.32 Å². The van der Waals surface area contributed by atoms with Crippen LogP contribution in [0.25, 0.3) is 0 Å². The van der Waals surface area contributed by atoms with E-state index >= 15 is 0 Å². The van der Waals surface area contributed by atoms with Gasteiger partial charge in [-0.2, -0.15) is 0 Å². The molecule has 114 valence electrons. The molecule has 1 saturated heterocycles. The number of hydrogen-bond donors (Lipinski definition) is 2. The van der Waals surface area contributed by atoms with Gasteiger partial charge in [0.05, 0.1) is 12.5 Å². The van der Waals surface area contributed by atoms with E-state index in [1.54, 1.807) is 7.11 Å². The molecule has 1 fully saturated rings. The SMILES string of the molecule is COCc1cc2c(cc1C1CC(C(=O)O)CN1)OCCO2. The molecule has 0 aliphatic carbocycles. The van der Waals surface area contributed by atoms with Crippen LogP contribution in [0.5, 0.6) is 11.5 Å². The van der Waals surface area contributed by atoms with Gasteiger partial charge in [0.1, 0.15) is 13.2 Å². The molecule has 6 nitrogen and oxygen atoms in total. The summed E-state index contributed by atoms with van der Waals surface area (Å²) in [6.45, 7) is 2.02. The van der Waals surface area contributed by atoms with Gasteiger partial charge in [-0.3, -0.25) is 4.79 Å². The van der Waals surface area contributed by atoms with Gasteiger partial charge in [0, 0.05) is 19.7 Å². The van der Waals surface area contributed by atoms with Crippen LogP contribution in [0.15, 0.2) is 12.1 Å². The molecular formula is C15H19NO5. The predicted molar refractivity (Wildman–Crippen MR) is 74.6 cm³/mol. The molecule has 2 aliphatic heterocycles. The highest BCUT2D eigenvalue weighted by Gasteiger charge is 2.32. The van der Waals surface area contributed by atoms with Crippen molar-refractivity contribution < 1.29 is 24.1 Å². The standard InChI is InChI=1S/C15H19NO5/c1-19-8-10-5-13-14(21-3-2-20-13)6-11(10)12-4-9(7-16-12)15(17)18/h5-6,9,12,16H,2-4,7-8H2,1H3,(H,17,18). The Morgan fingerprint density at radius 3 is 2.71 bits per heavy atom. The Kier molecular flexibility index (Phi) is 3.98. The second kappa shape index (κ2) is 5.91. The number of carboxylic acids is 1. The third kappa shape index (κ3) is 2.82. The number of nitrogens with one attached hydrogen (secondary N) is 1. The Morgan fingerprint density at radius 1 is 1.38 bits per heavy atom. The molecule has 2 unspecified atom stereocenters. The van der Waals surface area contributed by atoms with Crippen molar-refractivity contribution in [3.05, 3.63) is 23.3 Å². The minimum absolute atomic E-state index is 0.00655. The third-order valence-corrected chi connectivity index (χ3v) is 3.96. The summed E-state index contributed by atoms with van der Waals surface area (Å²) in [5.41, 5.74) is 2.04. The zero-order valence-corrected chi connectivity index (χ0v) is 11.9. The average molecular weight is 293 g/mol. The molecule has 0 amide bonds. The zero-order chi connectivity index (χ0) is 14.8. The molecule has 6 heteroatoms. The zero-order valence-electron chi connectivity index (χ0n) is 11.9. The number of methoxy groups -OCH3 is 1. The Balaban J connectivity index is 1.91. The molecule has 2 heterocycles. The topological polar surface area (TPSA) is 77.0 Å². The summed E-state index contributed by atoms with van der Waals surface area (Å²) < 4.78 is 16.5. The van der Waals surface area contributed by atoms with Crippen LogP contribution in [0.1, 0.15) is 23.6 Å². The van der Waals surface area contributed by atoms with E-state index in [1.165, 1.54) is 0 Å². The molecule has 2 N–H and O–H groups in total. The largest absolute Gasteiger partial charge is 0.486 e. The fourth-order valence-corrected chi connectivity index (χ4v) is 2.91. The van der Waals surface area contributed by atoms with E-state index in [0.29, 0.717) is 32.8 Å². The molecule has 2 aliphatic rings. The average Bonchev–Trinajstić information content (AvgIpc) is 2.97. The number of hydrogen-bond acceptors (Lipinski definition) is 5. The maximum absolute atomic E-state index is 11.1. The number of fused-ring (bicyclic) bond motifs is 1. The van der Waals surface area contributed by atoms with Crippen molar-refractivity contribution in [1.29, 1.82) is 0 Å². The molecule has 0 radical (unpaired) electrons. The van der Waals surface area contributed by atoms with Gasteiger partial charge in [0.15, 0.2) is 11.5 Å². The van der Waals surface area contributed by atoms with E-state index < -0.39 is 5.97 Å². The summed E-state index contributed by atoms with van der Waals surface area (Å²) in [5, 5.41) is 12.4. The summed E-state index contributed by atoms with van der Waals surface area (Å²) in [4.78, 5) is 11.1. The van der Waals surface area contributed by atoms with E-state index in [4.69, 9.17) is 19.3 Å². The minimum atomic E-state index is -0.754. The fraction of sp³-hybridized carbons (Fsp3) is 0.533. The van der Waals surface area contributed by atoms with Gasteiger partial charge in [-0.25, -0.2) is 0 Å². The van der Waals surface area contributed by atoms with E-state index in [1.807, 2.05) is 12.1 Å². The van der Waals surface area contributed by atoms with Crippen molar-refractivity contribution in [2.75, 3.05) is 26.9 Å². The van der Waals surface area contributed by atoms with Crippen molar-refractivity contribution >= 4 is 5.97 Å². The summed E-state index contributed by atoms with van der Waals surface area (Å²) in [6, 6.07) is 3.89. The van der Waals surface area contributed by atoms with Crippen LogP contribution in [-0.2, 0) is 16.1 Å². The lowest BCUT2D eigenvalue weighted by molar-refractivity contribution is -0.141. The first-order chi connectivity index (χ1) is 10.2. The van der Waals surface area contributed by atoms with Gasteiger partial charge >= 0.3 is 5.97 Å². The van der Waals surface area contributed by atoms with Gasteiger partial charge in [-0.1, -0.05) is 0 Å². The summed E-state index contributed by atoms with van der Waals surface area (Å²) in [5.74, 6) is 0.343. The smallest absolute Gasteiger partial charge is 0.307 e. The highest BCUT2D eigenvalue weighted by Crippen LogP contribution is 2.38. The summed E-state index contributed by atoms with van der Waals surface area (Å²) >= 11 is 0. The quantitative estimate of drug-likeness (QED) is 0.872. The van der Waals surface area contributed by atoms with Crippen LogP contribution in [0, 0.1) is 5.92 Å². The highest BCUT2D eigenvalue weighted by molar-refractivity contribution is 5.71. The lowest BCUT2D eigenvalue weighted by Gasteiger charge is -2.23. The Hall–Kier alpha value is -1.79. The van der Waals surface area contributed by atoms with Gasteiger partial charge in [0.2, 0.25) is 0 Å². The maximum atomic E-state index is 11.1.